The summed E-state index contributed by atoms with van der Waals surface area (Å²) < 4.78 is 28.1. The van der Waals surface area contributed by atoms with Crippen LogP contribution in [0, 0.1) is 0 Å². The standard InChI is InChI=1S/C10H12BrNO3S/c1-2-3-6-15-10-5-4-8(7-9(10)11)16(12,13)14/h2-5,7H,6H2,1H3,(H2,12,13,14)/b3-2+. The van der Waals surface area contributed by atoms with Crippen molar-refractivity contribution in [2.24, 2.45) is 5.14 Å². The van der Waals surface area contributed by atoms with Crippen LogP contribution >= 0.6 is 15.9 Å². The minimum atomic E-state index is -3.67. The first kappa shape index (κ1) is 13.2. The summed E-state index contributed by atoms with van der Waals surface area (Å²) in [5.41, 5.74) is 0. The average molecular weight is 306 g/mol. The number of nitrogens with two attached hydrogens (primary N) is 1. The summed E-state index contributed by atoms with van der Waals surface area (Å²) in [6, 6.07) is 4.39. The zero-order chi connectivity index (χ0) is 12.2. The fourth-order valence-electron chi connectivity index (χ4n) is 1.01. The Morgan fingerprint density at radius 3 is 2.69 bits per heavy atom. The minimum Gasteiger partial charge on any atom is -0.488 e. The van der Waals surface area contributed by atoms with Gasteiger partial charge in [0.25, 0.3) is 0 Å². The van der Waals surface area contributed by atoms with E-state index in [-0.39, 0.29) is 4.90 Å². The summed E-state index contributed by atoms with van der Waals surface area (Å²) in [4.78, 5) is 0.0535. The molecule has 0 saturated carbocycles. The lowest BCUT2D eigenvalue weighted by Crippen LogP contribution is -2.12. The monoisotopic (exact) mass is 305 g/mol. The van der Waals surface area contributed by atoms with Crippen molar-refractivity contribution in [1.82, 2.24) is 0 Å². The molecular formula is C10H12BrNO3S. The quantitative estimate of drug-likeness (QED) is 0.866. The predicted octanol–water partition coefficient (Wildman–Crippen LogP) is 2.05. The van der Waals surface area contributed by atoms with Crippen LogP contribution in [0.5, 0.6) is 5.75 Å². The molecule has 4 nitrogen and oxygen atoms in total. The van der Waals surface area contributed by atoms with Crippen LogP contribution < -0.4 is 9.88 Å². The smallest absolute Gasteiger partial charge is 0.238 e. The number of hydrogen-bond donors (Lipinski definition) is 1. The van der Waals surface area contributed by atoms with Gasteiger partial charge >= 0.3 is 0 Å². The molecule has 0 saturated heterocycles. The summed E-state index contributed by atoms with van der Waals surface area (Å²) in [5.74, 6) is 0.575. The molecule has 0 aliphatic rings. The van der Waals surface area contributed by atoms with Crippen molar-refractivity contribution in [3.05, 3.63) is 34.8 Å². The van der Waals surface area contributed by atoms with E-state index in [0.717, 1.165) is 0 Å². The van der Waals surface area contributed by atoms with E-state index in [0.29, 0.717) is 16.8 Å². The van der Waals surface area contributed by atoms with Gasteiger partial charge in [-0.1, -0.05) is 12.2 Å². The number of rotatable bonds is 4. The van der Waals surface area contributed by atoms with E-state index in [2.05, 4.69) is 15.9 Å². The molecule has 0 spiro atoms. The van der Waals surface area contributed by atoms with Crippen LogP contribution in [0.2, 0.25) is 0 Å². The first-order chi connectivity index (χ1) is 7.45. The molecule has 2 N–H and O–H groups in total. The molecule has 0 aliphatic carbocycles. The van der Waals surface area contributed by atoms with E-state index >= 15 is 0 Å². The molecular weight excluding hydrogens is 294 g/mol. The Morgan fingerprint density at radius 1 is 1.50 bits per heavy atom. The fourth-order valence-corrected chi connectivity index (χ4v) is 2.19. The van der Waals surface area contributed by atoms with E-state index in [1.165, 1.54) is 12.1 Å². The first-order valence-electron chi connectivity index (χ1n) is 4.51. The second-order valence-corrected chi connectivity index (χ2v) is 5.43. The second-order valence-electron chi connectivity index (χ2n) is 3.02. The highest BCUT2D eigenvalue weighted by atomic mass is 79.9. The largest absolute Gasteiger partial charge is 0.488 e. The van der Waals surface area contributed by atoms with Gasteiger partial charge in [0.05, 0.1) is 9.37 Å². The van der Waals surface area contributed by atoms with Crippen molar-refractivity contribution >= 4 is 26.0 Å². The van der Waals surface area contributed by atoms with Crippen LogP contribution in [0.25, 0.3) is 0 Å². The second kappa shape index (κ2) is 5.47. The van der Waals surface area contributed by atoms with Gasteiger partial charge in [0.15, 0.2) is 0 Å². The van der Waals surface area contributed by atoms with Crippen LogP contribution in [0.1, 0.15) is 6.92 Å². The van der Waals surface area contributed by atoms with Gasteiger partial charge in [0.2, 0.25) is 10.0 Å². The highest BCUT2D eigenvalue weighted by Crippen LogP contribution is 2.27. The lowest BCUT2D eigenvalue weighted by molar-refractivity contribution is 0.360. The van der Waals surface area contributed by atoms with Crippen LogP contribution in [0.4, 0.5) is 0 Å². The summed E-state index contributed by atoms with van der Waals surface area (Å²) in [6.07, 6.45) is 3.71. The van der Waals surface area contributed by atoms with Crippen LogP contribution in [0.3, 0.4) is 0 Å². The number of ether oxygens (including phenoxy) is 1. The number of sulfonamides is 1. The van der Waals surface area contributed by atoms with Gasteiger partial charge in [-0.15, -0.1) is 0 Å². The predicted molar refractivity (Wildman–Crippen MR) is 65.8 cm³/mol. The third-order valence-electron chi connectivity index (χ3n) is 1.80. The highest BCUT2D eigenvalue weighted by Gasteiger charge is 2.10. The number of primary sulfonamides is 1. The Balaban J connectivity index is 2.92. The third-order valence-corrected chi connectivity index (χ3v) is 3.33. The van der Waals surface area contributed by atoms with Crippen molar-refractivity contribution in [1.29, 1.82) is 0 Å². The van der Waals surface area contributed by atoms with E-state index in [1.54, 1.807) is 6.07 Å². The van der Waals surface area contributed by atoms with Gasteiger partial charge in [-0.25, -0.2) is 13.6 Å². The molecule has 88 valence electrons. The molecule has 0 bridgehead atoms. The Morgan fingerprint density at radius 2 is 2.19 bits per heavy atom. The van der Waals surface area contributed by atoms with Crippen molar-refractivity contribution in [2.45, 2.75) is 11.8 Å². The molecule has 0 unspecified atom stereocenters. The zero-order valence-electron chi connectivity index (χ0n) is 8.68. The first-order valence-corrected chi connectivity index (χ1v) is 6.85. The average Bonchev–Trinajstić information content (AvgIpc) is 2.19. The topological polar surface area (TPSA) is 69.4 Å². The maximum absolute atomic E-state index is 11.1. The maximum atomic E-state index is 11.1. The summed E-state index contributed by atoms with van der Waals surface area (Å²) in [5, 5.41) is 5.00. The zero-order valence-corrected chi connectivity index (χ0v) is 11.1. The molecule has 0 heterocycles. The Hall–Kier alpha value is -0.850. The lowest BCUT2D eigenvalue weighted by atomic mass is 10.3. The van der Waals surface area contributed by atoms with Gasteiger partial charge in [0, 0.05) is 0 Å². The molecule has 0 atom stereocenters. The molecule has 1 aromatic carbocycles. The maximum Gasteiger partial charge on any atom is 0.238 e. The molecule has 0 aliphatic heterocycles. The Bertz CT molecular complexity index is 497. The van der Waals surface area contributed by atoms with E-state index in [9.17, 15) is 8.42 Å². The fraction of sp³-hybridized carbons (Fsp3) is 0.200. The van der Waals surface area contributed by atoms with Gasteiger partial charge in [0.1, 0.15) is 12.4 Å². The van der Waals surface area contributed by atoms with Crippen LogP contribution in [-0.4, -0.2) is 15.0 Å². The molecule has 1 rings (SSSR count). The molecule has 0 amide bonds. The lowest BCUT2D eigenvalue weighted by Gasteiger charge is -2.07. The van der Waals surface area contributed by atoms with E-state index < -0.39 is 10.0 Å². The SMILES string of the molecule is C/C=C/COc1ccc(S(N)(=O)=O)cc1Br. The summed E-state index contributed by atoms with van der Waals surface area (Å²) >= 11 is 3.22. The number of hydrogen-bond acceptors (Lipinski definition) is 3. The minimum absolute atomic E-state index is 0.0535. The van der Waals surface area contributed by atoms with Crippen LogP contribution in [-0.2, 0) is 10.0 Å². The normalized spacial score (nSPS) is 11.9. The van der Waals surface area contributed by atoms with Crippen LogP contribution in [0.15, 0.2) is 39.7 Å². The van der Waals surface area contributed by atoms with Gasteiger partial charge in [-0.3, -0.25) is 0 Å². The van der Waals surface area contributed by atoms with Gasteiger partial charge < -0.3 is 4.74 Å². The van der Waals surface area contributed by atoms with Crippen molar-refractivity contribution < 1.29 is 13.2 Å². The van der Waals surface area contributed by atoms with E-state index in [4.69, 9.17) is 9.88 Å². The Labute approximate surface area is 103 Å². The number of allylic oxidation sites excluding steroid dienone is 1. The molecule has 0 aromatic heterocycles. The summed E-state index contributed by atoms with van der Waals surface area (Å²) in [7, 11) is -3.67. The summed E-state index contributed by atoms with van der Waals surface area (Å²) in [6.45, 7) is 2.33. The number of halogens is 1. The van der Waals surface area contributed by atoms with Gasteiger partial charge in [-0.2, -0.15) is 0 Å². The van der Waals surface area contributed by atoms with E-state index in [1.807, 2.05) is 19.1 Å². The molecule has 1 aromatic rings. The molecule has 0 radical (unpaired) electrons. The van der Waals surface area contributed by atoms with Crippen molar-refractivity contribution in [2.75, 3.05) is 6.61 Å². The molecule has 0 fully saturated rings. The van der Waals surface area contributed by atoms with Crippen molar-refractivity contribution in [3.8, 4) is 5.75 Å². The number of benzene rings is 1. The van der Waals surface area contributed by atoms with Crippen molar-refractivity contribution in [3.63, 3.8) is 0 Å². The Kier molecular flexibility index (Phi) is 4.52. The highest BCUT2D eigenvalue weighted by molar-refractivity contribution is 9.10. The molecule has 16 heavy (non-hydrogen) atoms. The van der Waals surface area contributed by atoms with Gasteiger partial charge in [-0.05, 0) is 41.1 Å². The molecule has 6 heteroatoms. The third kappa shape index (κ3) is 3.62.